The summed E-state index contributed by atoms with van der Waals surface area (Å²) in [5.41, 5.74) is 0.184. The van der Waals surface area contributed by atoms with E-state index < -0.39 is 5.60 Å². The van der Waals surface area contributed by atoms with E-state index in [0.717, 1.165) is 5.39 Å². The molecule has 1 N–H and O–H groups in total. The molecule has 3 aromatic rings. The number of furan rings is 1. The summed E-state index contributed by atoms with van der Waals surface area (Å²) in [6.45, 7) is 3.26. The van der Waals surface area contributed by atoms with Gasteiger partial charge >= 0.3 is 0 Å². The molecule has 0 saturated carbocycles. The number of aliphatic hydroxyl groups is 1. The summed E-state index contributed by atoms with van der Waals surface area (Å²) in [7, 11) is 0. The van der Waals surface area contributed by atoms with Crippen molar-refractivity contribution < 1.29 is 13.9 Å². The molecule has 3 rings (SSSR count). The van der Waals surface area contributed by atoms with Crippen LogP contribution in [-0.2, 0) is 5.60 Å². The molecule has 21 heavy (non-hydrogen) atoms. The molecule has 0 radical (unpaired) electrons. The number of hydrogen-bond donors (Lipinski definition) is 1. The van der Waals surface area contributed by atoms with Crippen molar-refractivity contribution in [3.05, 3.63) is 70.2 Å². The molecule has 108 valence electrons. The van der Waals surface area contributed by atoms with Crippen molar-refractivity contribution in [2.24, 2.45) is 0 Å². The van der Waals surface area contributed by atoms with Crippen LogP contribution in [0.25, 0.3) is 11.0 Å². The maximum Gasteiger partial charge on any atom is 0.144 e. The van der Waals surface area contributed by atoms with Crippen molar-refractivity contribution in [3.63, 3.8) is 0 Å². The lowest BCUT2D eigenvalue weighted by molar-refractivity contribution is 0.0783. The second kappa shape index (κ2) is 4.86. The summed E-state index contributed by atoms with van der Waals surface area (Å²) < 4.78 is 19.4. The third-order valence-corrected chi connectivity index (χ3v) is 3.93. The van der Waals surface area contributed by atoms with Gasteiger partial charge in [0.2, 0.25) is 0 Å². The highest BCUT2D eigenvalue weighted by atomic mass is 35.5. The van der Waals surface area contributed by atoms with Gasteiger partial charge in [-0.25, -0.2) is 4.39 Å². The maximum absolute atomic E-state index is 13.7. The van der Waals surface area contributed by atoms with E-state index in [1.807, 2.05) is 0 Å². The number of benzene rings is 2. The Morgan fingerprint density at radius 1 is 1.14 bits per heavy atom. The van der Waals surface area contributed by atoms with Crippen LogP contribution in [0.1, 0.15) is 23.8 Å². The van der Waals surface area contributed by atoms with Crippen LogP contribution in [0.5, 0.6) is 0 Å². The van der Waals surface area contributed by atoms with E-state index in [0.29, 0.717) is 27.5 Å². The van der Waals surface area contributed by atoms with E-state index in [1.54, 1.807) is 50.2 Å². The van der Waals surface area contributed by atoms with Gasteiger partial charge in [0.05, 0.1) is 0 Å². The minimum Gasteiger partial charge on any atom is -0.458 e. The van der Waals surface area contributed by atoms with Gasteiger partial charge in [-0.2, -0.15) is 0 Å². The van der Waals surface area contributed by atoms with E-state index in [2.05, 4.69) is 0 Å². The fourth-order valence-electron chi connectivity index (χ4n) is 2.29. The topological polar surface area (TPSA) is 33.4 Å². The van der Waals surface area contributed by atoms with Crippen molar-refractivity contribution in [1.29, 1.82) is 0 Å². The molecular weight excluding hydrogens is 291 g/mol. The van der Waals surface area contributed by atoms with Gasteiger partial charge in [-0.15, -0.1) is 0 Å². The van der Waals surface area contributed by atoms with E-state index in [4.69, 9.17) is 16.0 Å². The summed E-state index contributed by atoms with van der Waals surface area (Å²) in [5.74, 6) is -0.00468. The van der Waals surface area contributed by atoms with Gasteiger partial charge in [0, 0.05) is 10.4 Å². The first-order valence-electron chi connectivity index (χ1n) is 6.56. The summed E-state index contributed by atoms with van der Waals surface area (Å²) in [6, 6.07) is 11.6. The van der Waals surface area contributed by atoms with Crippen LogP contribution in [0.4, 0.5) is 4.39 Å². The predicted octanol–water partition coefficient (Wildman–Crippen LogP) is 4.79. The second-order valence-corrected chi connectivity index (χ2v) is 5.77. The van der Waals surface area contributed by atoms with Crippen LogP contribution < -0.4 is 0 Å². The fourth-order valence-corrected chi connectivity index (χ4v) is 2.47. The van der Waals surface area contributed by atoms with Crippen molar-refractivity contribution in [2.75, 3.05) is 0 Å². The highest BCUT2D eigenvalue weighted by Crippen LogP contribution is 2.34. The average Bonchev–Trinajstić information content (AvgIpc) is 2.85. The van der Waals surface area contributed by atoms with Gasteiger partial charge < -0.3 is 9.52 Å². The monoisotopic (exact) mass is 304 g/mol. The molecule has 0 aliphatic heterocycles. The predicted molar refractivity (Wildman–Crippen MR) is 81.0 cm³/mol. The fraction of sp³-hybridized carbons (Fsp3) is 0.176. The maximum atomic E-state index is 13.7. The molecule has 4 heteroatoms. The minimum absolute atomic E-state index is 0.350. The average molecular weight is 305 g/mol. The molecule has 2 nitrogen and oxygen atoms in total. The van der Waals surface area contributed by atoms with Crippen molar-refractivity contribution in [1.82, 2.24) is 0 Å². The van der Waals surface area contributed by atoms with E-state index in [-0.39, 0.29) is 5.82 Å². The molecule has 0 saturated heterocycles. The Morgan fingerprint density at radius 3 is 2.62 bits per heavy atom. The summed E-state index contributed by atoms with van der Waals surface area (Å²) in [6.07, 6.45) is 0. The van der Waals surface area contributed by atoms with Crippen LogP contribution in [-0.4, -0.2) is 5.11 Å². The van der Waals surface area contributed by atoms with Gasteiger partial charge in [-0.1, -0.05) is 23.7 Å². The molecule has 1 unspecified atom stereocenters. The lowest BCUT2D eigenvalue weighted by atomic mass is 9.92. The number of hydrogen-bond acceptors (Lipinski definition) is 2. The summed E-state index contributed by atoms with van der Waals surface area (Å²) in [5, 5.41) is 12.1. The Balaban J connectivity index is 2.12. The van der Waals surface area contributed by atoms with Gasteiger partial charge in [0.1, 0.15) is 22.8 Å². The van der Waals surface area contributed by atoms with Crippen LogP contribution in [0.15, 0.2) is 46.9 Å². The normalized spacial score (nSPS) is 14.3. The van der Waals surface area contributed by atoms with Crippen LogP contribution in [0.3, 0.4) is 0 Å². The zero-order valence-corrected chi connectivity index (χ0v) is 12.4. The molecule has 1 heterocycles. The first-order chi connectivity index (χ1) is 9.88. The summed E-state index contributed by atoms with van der Waals surface area (Å²) in [4.78, 5) is 0. The number of rotatable bonds is 2. The molecule has 0 aliphatic rings. The lowest BCUT2D eigenvalue weighted by Gasteiger charge is -2.21. The zero-order valence-electron chi connectivity index (χ0n) is 11.7. The largest absolute Gasteiger partial charge is 0.458 e. The molecule has 0 aliphatic carbocycles. The Hall–Kier alpha value is -1.84. The quantitative estimate of drug-likeness (QED) is 0.738. The van der Waals surface area contributed by atoms with Crippen molar-refractivity contribution in [2.45, 2.75) is 19.4 Å². The highest BCUT2D eigenvalue weighted by Gasteiger charge is 2.30. The SMILES string of the molecule is Cc1ccc(C(C)(O)c2cc3cc(Cl)ccc3o2)cc1F. The van der Waals surface area contributed by atoms with Crippen LogP contribution in [0.2, 0.25) is 5.02 Å². The first kappa shape index (κ1) is 14.1. The van der Waals surface area contributed by atoms with E-state index in [9.17, 15) is 9.50 Å². The summed E-state index contributed by atoms with van der Waals surface area (Å²) >= 11 is 5.94. The third-order valence-electron chi connectivity index (χ3n) is 3.69. The van der Waals surface area contributed by atoms with Crippen molar-refractivity contribution >= 4 is 22.6 Å². The number of aryl methyl sites for hydroxylation is 1. The lowest BCUT2D eigenvalue weighted by Crippen LogP contribution is -2.22. The Morgan fingerprint density at radius 2 is 1.90 bits per heavy atom. The second-order valence-electron chi connectivity index (χ2n) is 5.33. The highest BCUT2D eigenvalue weighted by molar-refractivity contribution is 6.31. The first-order valence-corrected chi connectivity index (χ1v) is 6.94. The molecule has 0 spiro atoms. The van der Waals surface area contributed by atoms with Gasteiger partial charge in [-0.3, -0.25) is 0 Å². The zero-order chi connectivity index (χ0) is 15.2. The molecule has 0 bridgehead atoms. The van der Waals surface area contributed by atoms with Gasteiger partial charge in [0.25, 0.3) is 0 Å². The van der Waals surface area contributed by atoms with Gasteiger partial charge in [-0.05, 0) is 55.3 Å². The molecule has 0 amide bonds. The number of fused-ring (bicyclic) bond motifs is 1. The van der Waals surface area contributed by atoms with Gasteiger partial charge in [0.15, 0.2) is 0 Å². The van der Waals surface area contributed by atoms with Crippen molar-refractivity contribution in [3.8, 4) is 0 Å². The molecule has 2 aromatic carbocycles. The molecule has 1 aromatic heterocycles. The Bertz CT molecular complexity index is 821. The minimum atomic E-state index is -1.42. The van der Waals surface area contributed by atoms with E-state index in [1.165, 1.54) is 6.07 Å². The standard InChI is InChI=1S/C17H14ClFO2/c1-10-3-4-12(9-14(10)19)17(2,20)16-8-11-7-13(18)5-6-15(11)21-16/h3-9,20H,1-2H3. The number of halogens is 2. The smallest absolute Gasteiger partial charge is 0.144 e. The van der Waals surface area contributed by atoms with E-state index >= 15 is 0 Å². The third kappa shape index (κ3) is 2.43. The van der Waals surface area contributed by atoms with Crippen LogP contribution in [0, 0.1) is 12.7 Å². The Kier molecular flexibility index (Phi) is 3.27. The Labute approximate surface area is 126 Å². The molecule has 0 fully saturated rings. The molecular formula is C17H14ClFO2. The molecule has 1 atom stereocenters. The van der Waals surface area contributed by atoms with Crippen LogP contribution >= 0.6 is 11.6 Å².